The van der Waals surface area contributed by atoms with E-state index >= 15 is 0 Å². The van der Waals surface area contributed by atoms with Gasteiger partial charge in [-0.25, -0.2) is 4.79 Å². The van der Waals surface area contributed by atoms with E-state index in [1.54, 1.807) is 7.11 Å². The minimum atomic E-state index is -5.08. The molecule has 1 aromatic rings. The molecule has 5 rings (SSSR count). The van der Waals surface area contributed by atoms with Gasteiger partial charge in [-0.15, -0.1) is 0 Å². The second kappa shape index (κ2) is 13.3. The lowest BCUT2D eigenvalue weighted by molar-refractivity contribution is -0.272. The first-order valence-electron chi connectivity index (χ1n) is 15.7. The number of hydrogen-bond donors (Lipinski definition) is 3. The third-order valence-electron chi connectivity index (χ3n) is 11.0. The van der Waals surface area contributed by atoms with E-state index in [4.69, 9.17) is 29.8 Å². The van der Waals surface area contributed by atoms with E-state index in [1.807, 2.05) is 30.3 Å². The van der Waals surface area contributed by atoms with Crippen molar-refractivity contribution in [2.75, 3.05) is 13.7 Å². The summed E-state index contributed by atoms with van der Waals surface area (Å²) in [7, 11) is 1.58. The number of aliphatic hydroxyl groups excluding tert-OH is 1. The number of benzene rings is 1. The van der Waals surface area contributed by atoms with Crippen molar-refractivity contribution in [3.63, 3.8) is 0 Å². The molecule has 0 aliphatic heterocycles. The van der Waals surface area contributed by atoms with E-state index < -0.39 is 71.1 Å². The molecule has 2 bridgehead atoms. The molecule has 4 aliphatic carbocycles. The van der Waals surface area contributed by atoms with Crippen LogP contribution >= 0.6 is 0 Å². The Balaban J connectivity index is 0.000000644. The number of ketones is 1. The first-order valence-corrected chi connectivity index (χ1v) is 15.7. The fraction of sp³-hybridized carbons (Fsp3) is 0.647. The number of halogens is 3. The maximum Gasteiger partial charge on any atom is 0.490 e. The van der Waals surface area contributed by atoms with Gasteiger partial charge in [0.25, 0.3) is 0 Å². The molecule has 0 amide bonds. The van der Waals surface area contributed by atoms with Crippen molar-refractivity contribution in [2.45, 2.75) is 89.8 Å². The Morgan fingerprint density at radius 3 is 2.30 bits per heavy atom. The molecule has 9 atom stereocenters. The minimum Gasteiger partial charge on any atom is -0.475 e. The quantitative estimate of drug-likeness (QED) is 0.286. The summed E-state index contributed by atoms with van der Waals surface area (Å²) in [5, 5.41) is 19.0. The highest BCUT2D eigenvalue weighted by Gasteiger charge is 2.78. The monoisotopic (exact) mass is 667 g/mol. The van der Waals surface area contributed by atoms with Gasteiger partial charge in [0, 0.05) is 31.3 Å². The van der Waals surface area contributed by atoms with E-state index in [0.717, 1.165) is 18.4 Å². The number of carboxylic acids is 1. The summed E-state index contributed by atoms with van der Waals surface area (Å²) in [5.41, 5.74) is 5.42. The molecule has 0 radical (unpaired) electrons. The molecule has 4 saturated carbocycles. The van der Waals surface area contributed by atoms with Crippen molar-refractivity contribution >= 4 is 23.7 Å². The number of carboxylic acid groups (broad SMARTS) is 1. The number of hydrogen-bond acceptors (Lipinski definition) is 9. The highest BCUT2D eigenvalue weighted by molar-refractivity contribution is 6.05. The molecule has 4 aliphatic rings. The maximum absolute atomic E-state index is 14.4. The van der Waals surface area contributed by atoms with Gasteiger partial charge in [-0.2, -0.15) is 13.2 Å². The highest BCUT2D eigenvalue weighted by Crippen LogP contribution is 2.72. The number of esters is 2. The first-order chi connectivity index (χ1) is 21.8. The van der Waals surface area contributed by atoms with Crippen molar-refractivity contribution in [1.82, 2.24) is 0 Å². The standard InChI is InChI=1S/C32H43NO7.C2HF3O2/c1-18-21-15-23(35)26-31(17-39-19(2)34)13-9-12-30(3,4)24(31)16-25(38-5)32(26,27(18)36)28(21)40-29(37)22(33)14-20-10-7-6-8-11-20;3-2(4,5)1(6)7/h6-8,10-11,21-26,28,35H,1,9,12-17,33H2,2-5H3;(H,6,7)/t21-,22-,23-,24+,25+,26-,28+,31-,32+;/m0./s1. The first kappa shape index (κ1) is 36.5. The van der Waals surface area contributed by atoms with Crippen LogP contribution in [0, 0.1) is 34.0 Å². The van der Waals surface area contributed by atoms with E-state index in [2.05, 4.69) is 20.4 Å². The Morgan fingerprint density at radius 1 is 1.13 bits per heavy atom. The minimum absolute atomic E-state index is 0.0122. The van der Waals surface area contributed by atoms with Gasteiger partial charge in [-0.3, -0.25) is 14.4 Å². The van der Waals surface area contributed by atoms with Crippen LogP contribution in [-0.4, -0.2) is 78.2 Å². The molecule has 0 unspecified atom stereocenters. The zero-order valence-corrected chi connectivity index (χ0v) is 27.0. The Morgan fingerprint density at radius 2 is 1.74 bits per heavy atom. The molecule has 0 heterocycles. The molecule has 4 fully saturated rings. The van der Waals surface area contributed by atoms with Crippen LogP contribution in [0.2, 0.25) is 0 Å². The molecule has 0 saturated heterocycles. The molecule has 1 spiro atoms. The number of carbonyl (C=O) groups excluding carboxylic acids is 3. The molecule has 47 heavy (non-hydrogen) atoms. The summed E-state index contributed by atoms with van der Waals surface area (Å²) in [5.74, 6) is -5.14. The van der Waals surface area contributed by atoms with E-state index in [1.165, 1.54) is 6.92 Å². The van der Waals surface area contributed by atoms with E-state index in [9.17, 15) is 32.7 Å². The predicted octanol–water partition coefficient (Wildman–Crippen LogP) is 4.02. The van der Waals surface area contributed by atoms with Gasteiger partial charge in [0.1, 0.15) is 17.6 Å². The summed E-state index contributed by atoms with van der Waals surface area (Å²) in [4.78, 5) is 48.9. The summed E-state index contributed by atoms with van der Waals surface area (Å²) in [6.07, 6.45) is -3.88. The number of fused-ring (bicyclic) bond motifs is 3. The van der Waals surface area contributed by atoms with Crippen LogP contribution in [0.4, 0.5) is 13.2 Å². The van der Waals surface area contributed by atoms with Crippen molar-refractivity contribution in [3.05, 3.63) is 48.0 Å². The van der Waals surface area contributed by atoms with Crippen LogP contribution in [0.3, 0.4) is 0 Å². The fourth-order valence-electron chi connectivity index (χ4n) is 9.25. The van der Waals surface area contributed by atoms with Crippen LogP contribution in [0.25, 0.3) is 0 Å². The van der Waals surface area contributed by atoms with Gasteiger partial charge in [0.05, 0.1) is 18.8 Å². The number of carbonyl (C=O) groups is 4. The van der Waals surface area contributed by atoms with E-state index in [0.29, 0.717) is 24.8 Å². The zero-order valence-electron chi connectivity index (χ0n) is 27.0. The Labute approximate surface area is 271 Å². The number of rotatable bonds is 7. The van der Waals surface area contributed by atoms with Crippen molar-refractivity contribution in [2.24, 2.45) is 39.7 Å². The van der Waals surface area contributed by atoms with Crippen LogP contribution in [0.5, 0.6) is 0 Å². The fourth-order valence-corrected chi connectivity index (χ4v) is 9.25. The van der Waals surface area contributed by atoms with Crippen molar-refractivity contribution in [3.8, 4) is 0 Å². The third kappa shape index (κ3) is 6.46. The second-order valence-corrected chi connectivity index (χ2v) is 14.0. The Hall–Kier alpha value is -3.29. The van der Waals surface area contributed by atoms with Crippen LogP contribution in [0.1, 0.15) is 58.4 Å². The number of Topliss-reactive ketones (excluding diaryl/α,β-unsaturated/α-hetero) is 1. The summed E-state index contributed by atoms with van der Waals surface area (Å²) >= 11 is 0. The van der Waals surface area contributed by atoms with Gasteiger partial charge in [0.2, 0.25) is 0 Å². The molecule has 1 aromatic carbocycles. The van der Waals surface area contributed by atoms with Crippen molar-refractivity contribution in [1.29, 1.82) is 0 Å². The lowest BCUT2D eigenvalue weighted by atomic mass is 9.39. The second-order valence-electron chi connectivity index (χ2n) is 14.0. The Bertz CT molecular complexity index is 1380. The molecule has 0 aromatic heterocycles. The number of nitrogens with two attached hydrogens (primary N) is 1. The van der Waals surface area contributed by atoms with Crippen LogP contribution in [0.15, 0.2) is 42.5 Å². The van der Waals surface area contributed by atoms with Gasteiger partial charge in [-0.05, 0) is 54.6 Å². The molecule has 4 N–H and O–H groups in total. The largest absolute Gasteiger partial charge is 0.490 e. The average molecular weight is 668 g/mol. The predicted molar refractivity (Wildman–Crippen MR) is 161 cm³/mol. The lowest BCUT2D eigenvalue weighted by Gasteiger charge is -2.67. The number of alkyl halides is 3. The number of methoxy groups -OCH3 is 1. The van der Waals surface area contributed by atoms with Gasteiger partial charge < -0.3 is 30.2 Å². The normalized spacial score (nSPS) is 34.6. The lowest BCUT2D eigenvalue weighted by Crippen LogP contribution is -2.72. The van der Waals surface area contributed by atoms with Gasteiger partial charge in [0.15, 0.2) is 5.78 Å². The number of aliphatic carboxylic acids is 1. The topological polar surface area (TPSA) is 162 Å². The van der Waals surface area contributed by atoms with Crippen LogP contribution < -0.4 is 5.73 Å². The van der Waals surface area contributed by atoms with E-state index in [-0.39, 0.29) is 30.1 Å². The van der Waals surface area contributed by atoms with Gasteiger partial charge in [-0.1, -0.05) is 57.2 Å². The third-order valence-corrected chi connectivity index (χ3v) is 11.0. The smallest absolute Gasteiger partial charge is 0.475 e. The number of ether oxygens (including phenoxy) is 3. The molecule has 13 heteroatoms. The zero-order chi connectivity index (χ0) is 35.1. The Kier molecular flexibility index (Phi) is 10.4. The molecular weight excluding hydrogens is 623 g/mol. The molecule has 260 valence electrons. The molecular formula is C34H44F3NO9. The number of aliphatic hydroxyl groups is 1. The van der Waals surface area contributed by atoms with Crippen molar-refractivity contribution < 1.29 is 56.8 Å². The summed E-state index contributed by atoms with van der Waals surface area (Å²) in [6.45, 7) is 10.0. The average Bonchev–Trinajstić information content (AvgIpc) is 3.11. The highest BCUT2D eigenvalue weighted by atomic mass is 19.4. The SMILES string of the molecule is C=C1C(=O)[C@]23[C@H](OC(=O)[C@@H](N)Cc4ccccc4)[C@H]1C[C@H](O)[C@H]2[C@]1(COC(C)=O)CCCC(C)(C)[C@H]1C[C@H]3OC.O=C(O)C(F)(F)F. The molecule has 10 nitrogen and oxygen atoms in total. The maximum atomic E-state index is 14.4. The van der Waals surface area contributed by atoms with Gasteiger partial charge >= 0.3 is 24.1 Å². The summed E-state index contributed by atoms with van der Waals surface area (Å²) < 4.78 is 49.8. The van der Waals surface area contributed by atoms with Crippen LogP contribution in [-0.2, 0) is 39.8 Å². The summed E-state index contributed by atoms with van der Waals surface area (Å²) in [6, 6.07) is 8.55.